The Kier molecular flexibility index (Phi) is 5.59. The highest BCUT2D eigenvalue weighted by molar-refractivity contribution is 5.76. The van der Waals surface area contributed by atoms with E-state index >= 15 is 0 Å². The van der Waals surface area contributed by atoms with Gasteiger partial charge in [-0.15, -0.1) is 0 Å². The Balaban J connectivity index is 1.71. The molecule has 112 valence electrons. The van der Waals surface area contributed by atoms with Crippen molar-refractivity contribution in [2.24, 2.45) is 0 Å². The Bertz CT molecular complexity index is 398. The van der Waals surface area contributed by atoms with E-state index in [1.165, 1.54) is 32.4 Å². The first kappa shape index (κ1) is 15.0. The van der Waals surface area contributed by atoms with Crippen molar-refractivity contribution in [3.05, 3.63) is 18.5 Å². The molecule has 1 amide bonds. The lowest BCUT2D eigenvalue weighted by Crippen LogP contribution is -2.39. The third kappa shape index (κ3) is 4.34. The van der Waals surface area contributed by atoms with E-state index in [4.69, 9.17) is 0 Å². The standard InChI is InChI=1S/C15H26N4O/c1-14(19-10-6-7-16-19)13-15(20)17(2)11-12-18-8-4-3-5-9-18/h6-7,10,14H,3-5,8-9,11-13H2,1-2H3. The maximum atomic E-state index is 12.2. The maximum Gasteiger partial charge on any atom is 0.224 e. The molecule has 0 bridgehead atoms. The number of piperidine rings is 1. The summed E-state index contributed by atoms with van der Waals surface area (Å²) < 4.78 is 1.84. The van der Waals surface area contributed by atoms with E-state index in [0.29, 0.717) is 6.42 Å². The van der Waals surface area contributed by atoms with Gasteiger partial charge in [-0.25, -0.2) is 0 Å². The van der Waals surface area contributed by atoms with Crippen LogP contribution in [-0.4, -0.2) is 58.7 Å². The molecule has 1 saturated heterocycles. The maximum absolute atomic E-state index is 12.2. The van der Waals surface area contributed by atoms with Crippen LogP contribution in [0.15, 0.2) is 18.5 Å². The average molecular weight is 278 g/mol. The van der Waals surface area contributed by atoms with Gasteiger partial charge in [0.15, 0.2) is 0 Å². The lowest BCUT2D eigenvalue weighted by molar-refractivity contribution is -0.130. The lowest BCUT2D eigenvalue weighted by atomic mass is 10.1. The van der Waals surface area contributed by atoms with Gasteiger partial charge in [-0.05, 0) is 38.9 Å². The van der Waals surface area contributed by atoms with Crippen LogP contribution in [0.2, 0.25) is 0 Å². The van der Waals surface area contributed by atoms with Crippen molar-refractivity contribution < 1.29 is 4.79 Å². The monoisotopic (exact) mass is 278 g/mol. The predicted octanol–water partition coefficient (Wildman–Crippen LogP) is 1.78. The van der Waals surface area contributed by atoms with E-state index in [-0.39, 0.29) is 11.9 Å². The summed E-state index contributed by atoms with van der Waals surface area (Å²) in [5.74, 6) is 0.199. The Morgan fingerprint density at radius 3 is 2.75 bits per heavy atom. The molecule has 1 fully saturated rings. The molecule has 0 spiro atoms. The van der Waals surface area contributed by atoms with E-state index in [1.807, 2.05) is 35.8 Å². The van der Waals surface area contributed by atoms with Crippen molar-refractivity contribution in [3.63, 3.8) is 0 Å². The zero-order valence-electron chi connectivity index (χ0n) is 12.7. The minimum atomic E-state index is 0.120. The molecule has 1 aromatic rings. The van der Waals surface area contributed by atoms with Crippen molar-refractivity contribution in [1.29, 1.82) is 0 Å². The van der Waals surface area contributed by atoms with Gasteiger partial charge >= 0.3 is 0 Å². The number of hydrogen-bond donors (Lipinski definition) is 0. The summed E-state index contributed by atoms with van der Waals surface area (Å²) in [6.07, 6.45) is 8.12. The molecule has 1 aliphatic heterocycles. The number of amides is 1. The van der Waals surface area contributed by atoms with Crippen molar-refractivity contribution in [1.82, 2.24) is 19.6 Å². The molecule has 1 unspecified atom stereocenters. The number of likely N-dealkylation sites (tertiary alicyclic amines) is 1. The molecule has 1 atom stereocenters. The van der Waals surface area contributed by atoms with Crippen LogP contribution in [0.4, 0.5) is 0 Å². The number of hydrogen-bond acceptors (Lipinski definition) is 3. The Labute approximate surface area is 121 Å². The molecular formula is C15H26N4O. The molecule has 0 aliphatic carbocycles. The molecule has 2 heterocycles. The second-order valence-electron chi connectivity index (χ2n) is 5.76. The van der Waals surface area contributed by atoms with E-state index < -0.39 is 0 Å². The normalized spacial score (nSPS) is 17.9. The van der Waals surface area contributed by atoms with Crippen molar-refractivity contribution in [3.8, 4) is 0 Å². The topological polar surface area (TPSA) is 41.4 Å². The zero-order chi connectivity index (χ0) is 14.4. The van der Waals surface area contributed by atoms with Gasteiger partial charge in [0.2, 0.25) is 5.91 Å². The molecule has 20 heavy (non-hydrogen) atoms. The summed E-state index contributed by atoms with van der Waals surface area (Å²) in [7, 11) is 1.90. The summed E-state index contributed by atoms with van der Waals surface area (Å²) >= 11 is 0. The number of carbonyl (C=O) groups excluding carboxylic acids is 1. The van der Waals surface area contributed by atoms with Crippen LogP contribution in [0.5, 0.6) is 0 Å². The van der Waals surface area contributed by atoms with E-state index in [9.17, 15) is 4.79 Å². The Morgan fingerprint density at radius 2 is 2.10 bits per heavy atom. The quantitative estimate of drug-likeness (QED) is 0.796. The average Bonchev–Trinajstić information content (AvgIpc) is 3.00. The van der Waals surface area contributed by atoms with Gasteiger partial charge in [0, 0.05) is 39.0 Å². The highest BCUT2D eigenvalue weighted by atomic mass is 16.2. The van der Waals surface area contributed by atoms with Crippen LogP contribution in [-0.2, 0) is 4.79 Å². The first-order valence-electron chi connectivity index (χ1n) is 7.62. The van der Waals surface area contributed by atoms with Crippen LogP contribution < -0.4 is 0 Å². The van der Waals surface area contributed by atoms with Crippen molar-refractivity contribution in [2.45, 2.75) is 38.6 Å². The molecule has 2 rings (SSSR count). The first-order valence-corrected chi connectivity index (χ1v) is 7.62. The van der Waals surface area contributed by atoms with Crippen molar-refractivity contribution >= 4 is 5.91 Å². The van der Waals surface area contributed by atoms with Gasteiger partial charge in [-0.2, -0.15) is 5.10 Å². The number of aromatic nitrogens is 2. The van der Waals surface area contributed by atoms with E-state index in [0.717, 1.165) is 13.1 Å². The van der Waals surface area contributed by atoms with Gasteiger partial charge in [-0.1, -0.05) is 6.42 Å². The lowest BCUT2D eigenvalue weighted by Gasteiger charge is -2.28. The van der Waals surface area contributed by atoms with E-state index in [1.54, 1.807) is 6.20 Å². The van der Waals surface area contributed by atoms with Crippen molar-refractivity contribution in [2.75, 3.05) is 33.2 Å². The molecule has 5 nitrogen and oxygen atoms in total. The molecule has 0 aromatic carbocycles. The minimum absolute atomic E-state index is 0.120. The third-order valence-corrected chi connectivity index (χ3v) is 4.07. The van der Waals surface area contributed by atoms with Crippen LogP contribution >= 0.6 is 0 Å². The molecule has 0 saturated carbocycles. The Hall–Kier alpha value is -1.36. The fourth-order valence-electron chi connectivity index (χ4n) is 2.64. The summed E-state index contributed by atoms with van der Waals surface area (Å²) in [5, 5.41) is 4.19. The zero-order valence-corrected chi connectivity index (χ0v) is 12.7. The number of likely N-dealkylation sites (N-methyl/N-ethyl adjacent to an activating group) is 1. The van der Waals surface area contributed by atoms with Gasteiger partial charge < -0.3 is 9.80 Å². The van der Waals surface area contributed by atoms with Crippen LogP contribution in [0.1, 0.15) is 38.6 Å². The molecule has 1 aliphatic rings. The summed E-state index contributed by atoms with van der Waals surface area (Å²) in [6, 6.07) is 2.01. The number of rotatable bonds is 6. The first-order chi connectivity index (χ1) is 9.66. The predicted molar refractivity (Wildman–Crippen MR) is 79.5 cm³/mol. The van der Waals surface area contributed by atoms with Crippen LogP contribution in [0.3, 0.4) is 0 Å². The fraction of sp³-hybridized carbons (Fsp3) is 0.733. The molecule has 5 heteroatoms. The minimum Gasteiger partial charge on any atom is -0.344 e. The second kappa shape index (κ2) is 7.43. The molecule has 1 aromatic heterocycles. The van der Waals surface area contributed by atoms with Gasteiger partial charge in [0.05, 0.1) is 6.04 Å². The number of carbonyl (C=O) groups is 1. The molecule has 0 radical (unpaired) electrons. The Morgan fingerprint density at radius 1 is 1.35 bits per heavy atom. The summed E-state index contributed by atoms with van der Waals surface area (Å²) in [4.78, 5) is 16.5. The van der Waals surface area contributed by atoms with Gasteiger partial charge in [0.1, 0.15) is 0 Å². The summed E-state index contributed by atoms with van der Waals surface area (Å²) in [5.41, 5.74) is 0. The summed E-state index contributed by atoms with van der Waals surface area (Å²) in [6.45, 7) is 6.23. The SMILES string of the molecule is CC(CC(=O)N(C)CCN1CCCCC1)n1cccn1. The van der Waals surface area contributed by atoms with Gasteiger partial charge in [-0.3, -0.25) is 9.48 Å². The van der Waals surface area contributed by atoms with Crippen LogP contribution in [0, 0.1) is 0 Å². The largest absolute Gasteiger partial charge is 0.344 e. The highest BCUT2D eigenvalue weighted by Crippen LogP contribution is 2.11. The van der Waals surface area contributed by atoms with E-state index in [2.05, 4.69) is 10.00 Å². The second-order valence-corrected chi connectivity index (χ2v) is 5.76. The smallest absolute Gasteiger partial charge is 0.224 e. The fourth-order valence-corrected chi connectivity index (χ4v) is 2.64. The number of nitrogens with zero attached hydrogens (tertiary/aromatic N) is 4. The van der Waals surface area contributed by atoms with Crippen LogP contribution in [0.25, 0.3) is 0 Å². The molecular weight excluding hydrogens is 252 g/mol. The highest BCUT2D eigenvalue weighted by Gasteiger charge is 2.16. The molecule has 0 N–H and O–H groups in total. The third-order valence-electron chi connectivity index (χ3n) is 4.07. The van der Waals surface area contributed by atoms with Gasteiger partial charge in [0.25, 0.3) is 0 Å².